The molecule has 0 amide bonds. The Morgan fingerprint density at radius 2 is 2.06 bits per heavy atom. The molecule has 1 aromatic rings. The number of carbonyl (C=O) groups is 2. The Bertz CT molecular complexity index is 499. The normalized spacial score (nSPS) is 12.1. The molecule has 0 radical (unpaired) electrons. The largest absolute Gasteiger partial charge is 0.481 e. The molecule has 4 nitrogen and oxygen atoms in total. The summed E-state index contributed by atoms with van der Waals surface area (Å²) in [7, 11) is -1.51. The number of Topliss-reactive ketones (excluding diaryl/α,β-unsaturated/α-hetero) is 1. The number of aliphatic carboxylic acids is 1. The van der Waals surface area contributed by atoms with Gasteiger partial charge in [-0.25, -0.2) is 4.39 Å². The van der Waals surface area contributed by atoms with Crippen molar-refractivity contribution in [1.82, 2.24) is 0 Å². The molecular formula is C12H13FO4S. The highest BCUT2D eigenvalue weighted by Crippen LogP contribution is 2.10. The third-order valence-electron chi connectivity index (χ3n) is 2.32. The highest BCUT2D eigenvalue weighted by atomic mass is 32.2. The van der Waals surface area contributed by atoms with Crippen LogP contribution < -0.4 is 0 Å². The highest BCUT2D eigenvalue weighted by Gasteiger charge is 2.12. The van der Waals surface area contributed by atoms with E-state index >= 15 is 0 Å². The van der Waals surface area contributed by atoms with Gasteiger partial charge in [-0.05, 0) is 30.7 Å². The van der Waals surface area contributed by atoms with Crippen molar-refractivity contribution in [2.24, 2.45) is 0 Å². The zero-order chi connectivity index (χ0) is 13.7. The van der Waals surface area contributed by atoms with Gasteiger partial charge in [-0.1, -0.05) is 0 Å². The molecule has 0 aliphatic carbocycles. The van der Waals surface area contributed by atoms with Crippen molar-refractivity contribution in [3.05, 3.63) is 35.1 Å². The van der Waals surface area contributed by atoms with E-state index in [0.29, 0.717) is 5.56 Å². The topological polar surface area (TPSA) is 71.4 Å². The van der Waals surface area contributed by atoms with Crippen molar-refractivity contribution in [2.75, 3.05) is 11.5 Å². The average Bonchev–Trinajstić information content (AvgIpc) is 2.30. The molecule has 0 aliphatic rings. The zero-order valence-corrected chi connectivity index (χ0v) is 10.6. The first kappa shape index (κ1) is 14.5. The van der Waals surface area contributed by atoms with Crippen LogP contribution in [0.15, 0.2) is 18.2 Å². The van der Waals surface area contributed by atoms with Crippen LogP contribution in [0, 0.1) is 12.7 Å². The monoisotopic (exact) mass is 272 g/mol. The Kier molecular flexibility index (Phi) is 5.15. The number of benzene rings is 1. The van der Waals surface area contributed by atoms with Crippen LogP contribution in [0.5, 0.6) is 0 Å². The SMILES string of the molecule is Cc1cc(C(=O)CS(=O)CCC(=O)O)ccc1F. The number of ketones is 1. The van der Waals surface area contributed by atoms with Gasteiger partial charge in [0.1, 0.15) is 5.82 Å². The smallest absolute Gasteiger partial charge is 0.304 e. The zero-order valence-electron chi connectivity index (χ0n) is 9.81. The molecule has 1 atom stereocenters. The van der Waals surface area contributed by atoms with Gasteiger partial charge in [0.25, 0.3) is 0 Å². The van der Waals surface area contributed by atoms with Crippen molar-refractivity contribution in [3.8, 4) is 0 Å². The summed E-state index contributed by atoms with van der Waals surface area (Å²) in [6, 6.07) is 3.91. The van der Waals surface area contributed by atoms with Gasteiger partial charge in [0.2, 0.25) is 0 Å². The predicted octanol–water partition coefficient (Wildman–Crippen LogP) is 1.54. The van der Waals surface area contributed by atoms with Gasteiger partial charge in [0.15, 0.2) is 5.78 Å². The first-order chi connectivity index (χ1) is 8.40. The van der Waals surface area contributed by atoms with Crippen LogP contribution in [0.2, 0.25) is 0 Å². The predicted molar refractivity (Wildman–Crippen MR) is 65.6 cm³/mol. The van der Waals surface area contributed by atoms with Gasteiger partial charge < -0.3 is 5.11 Å². The van der Waals surface area contributed by atoms with E-state index in [1.165, 1.54) is 25.1 Å². The lowest BCUT2D eigenvalue weighted by Gasteiger charge is -2.03. The minimum absolute atomic E-state index is 0.0543. The summed E-state index contributed by atoms with van der Waals surface area (Å²) >= 11 is 0. The highest BCUT2D eigenvalue weighted by molar-refractivity contribution is 7.85. The number of rotatable bonds is 6. The first-order valence-corrected chi connectivity index (χ1v) is 6.75. The maximum Gasteiger partial charge on any atom is 0.304 e. The lowest BCUT2D eigenvalue weighted by molar-refractivity contribution is -0.136. The molecule has 0 saturated carbocycles. The molecule has 0 fully saturated rings. The number of hydrogen-bond donors (Lipinski definition) is 1. The van der Waals surface area contributed by atoms with Crippen molar-refractivity contribution in [1.29, 1.82) is 0 Å². The Morgan fingerprint density at radius 3 is 2.61 bits per heavy atom. The standard InChI is InChI=1S/C12H13FO4S/c1-8-6-9(2-3-10(8)13)11(14)7-18(17)5-4-12(15)16/h2-3,6H,4-5,7H2,1H3,(H,15,16). The molecule has 0 bridgehead atoms. The number of hydrogen-bond acceptors (Lipinski definition) is 3. The molecule has 0 heterocycles. The molecule has 1 aromatic carbocycles. The van der Waals surface area contributed by atoms with Crippen LogP contribution in [-0.2, 0) is 15.6 Å². The summed E-state index contributed by atoms with van der Waals surface area (Å²) in [4.78, 5) is 22.0. The van der Waals surface area contributed by atoms with Crippen molar-refractivity contribution in [3.63, 3.8) is 0 Å². The summed E-state index contributed by atoms with van der Waals surface area (Å²) in [5.41, 5.74) is 0.634. The van der Waals surface area contributed by atoms with E-state index in [-0.39, 0.29) is 29.3 Å². The maximum atomic E-state index is 13.0. The Morgan fingerprint density at radius 1 is 1.39 bits per heavy atom. The van der Waals surface area contributed by atoms with E-state index < -0.39 is 22.6 Å². The minimum Gasteiger partial charge on any atom is -0.481 e. The van der Waals surface area contributed by atoms with E-state index in [0.717, 1.165) is 0 Å². The molecule has 0 aliphatic heterocycles. The van der Waals surface area contributed by atoms with Gasteiger partial charge in [0, 0.05) is 22.1 Å². The number of carbonyl (C=O) groups excluding carboxylic acids is 1. The number of carboxylic acids is 1. The van der Waals surface area contributed by atoms with Gasteiger partial charge in [0.05, 0.1) is 12.2 Å². The second-order valence-electron chi connectivity index (χ2n) is 3.82. The second kappa shape index (κ2) is 6.39. The first-order valence-electron chi connectivity index (χ1n) is 5.26. The summed E-state index contributed by atoms with van der Waals surface area (Å²) in [6.07, 6.45) is -0.234. The van der Waals surface area contributed by atoms with Crippen LogP contribution in [0.1, 0.15) is 22.3 Å². The van der Waals surface area contributed by atoms with Crippen LogP contribution in [0.3, 0.4) is 0 Å². The molecule has 98 valence electrons. The number of halogens is 1. The number of aryl methyl sites for hydroxylation is 1. The van der Waals surface area contributed by atoms with Crippen LogP contribution >= 0.6 is 0 Å². The van der Waals surface area contributed by atoms with Crippen molar-refractivity contribution in [2.45, 2.75) is 13.3 Å². The molecule has 6 heteroatoms. The second-order valence-corrected chi connectivity index (χ2v) is 5.40. The third-order valence-corrected chi connectivity index (χ3v) is 3.56. The van der Waals surface area contributed by atoms with Gasteiger partial charge >= 0.3 is 5.97 Å². The Labute approximate surface area is 106 Å². The maximum absolute atomic E-state index is 13.0. The van der Waals surface area contributed by atoms with Crippen molar-refractivity contribution < 1.29 is 23.3 Å². The van der Waals surface area contributed by atoms with Crippen molar-refractivity contribution >= 4 is 22.6 Å². The fourth-order valence-electron chi connectivity index (χ4n) is 1.32. The molecule has 0 aromatic heterocycles. The summed E-state index contributed by atoms with van der Waals surface area (Å²) in [5.74, 6) is -2.12. The fourth-order valence-corrected chi connectivity index (χ4v) is 2.33. The van der Waals surface area contributed by atoms with E-state index in [1.54, 1.807) is 0 Å². The molecule has 1 unspecified atom stereocenters. The lowest BCUT2D eigenvalue weighted by atomic mass is 10.1. The fraction of sp³-hybridized carbons (Fsp3) is 0.333. The summed E-state index contributed by atoms with van der Waals surface area (Å²) in [5, 5.41) is 8.42. The van der Waals surface area contributed by atoms with Crippen LogP contribution in [0.25, 0.3) is 0 Å². The van der Waals surface area contributed by atoms with Gasteiger partial charge in [-0.2, -0.15) is 0 Å². The molecule has 18 heavy (non-hydrogen) atoms. The molecule has 1 N–H and O–H groups in total. The van der Waals surface area contributed by atoms with E-state index in [1.807, 2.05) is 0 Å². The van der Waals surface area contributed by atoms with E-state index in [9.17, 15) is 18.2 Å². The summed E-state index contributed by atoms with van der Waals surface area (Å²) in [6.45, 7) is 1.54. The molecule has 0 saturated heterocycles. The molecule has 1 rings (SSSR count). The third kappa shape index (κ3) is 4.37. The van der Waals surface area contributed by atoms with E-state index in [2.05, 4.69) is 0 Å². The molecular weight excluding hydrogens is 259 g/mol. The lowest BCUT2D eigenvalue weighted by Crippen LogP contribution is -2.15. The Hall–Kier alpha value is -1.56. The average molecular weight is 272 g/mol. The van der Waals surface area contributed by atoms with Gasteiger partial charge in [-0.15, -0.1) is 0 Å². The van der Waals surface area contributed by atoms with Crippen LogP contribution in [0.4, 0.5) is 4.39 Å². The van der Waals surface area contributed by atoms with Crippen LogP contribution in [-0.4, -0.2) is 32.6 Å². The Balaban J connectivity index is 2.62. The summed E-state index contributed by atoms with van der Waals surface area (Å²) < 4.78 is 24.4. The number of carboxylic acid groups (broad SMARTS) is 1. The van der Waals surface area contributed by atoms with E-state index in [4.69, 9.17) is 5.11 Å². The minimum atomic E-state index is -1.51. The van der Waals surface area contributed by atoms with Gasteiger partial charge in [-0.3, -0.25) is 13.8 Å². The molecule has 0 spiro atoms. The quantitative estimate of drug-likeness (QED) is 0.797.